The molecule has 0 radical (unpaired) electrons. The number of halogens is 1. The number of rotatable bonds is 4. The predicted molar refractivity (Wildman–Crippen MR) is 87.9 cm³/mol. The third-order valence-electron chi connectivity index (χ3n) is 3.44. The van der Waals surface area contributed by atoms with Crippen molar-refractivity contribution in [3.05, 3.63) is 68.7 Å². The predicted octanol–water partition coefficient (Wildman–Crippen LogP) is 3.62. The molecule has 3 aromatic rings. The molecule has 0 N–H and O–H groups in total. The van der Waals surface area contributed by atoms with Crippen LogP contribution < -0.4 is 0 Å². The van der Waals surface area contributed by atoms with Gasteiger partial charge in [0.2, 0.25) is 5.82 Å². The highest BCUT2D eigenvalue weighted by molar-refractivity contribution is 9.10. The molecule has 0 spiro atoms. The monoisotopic (exact) mass is 373 g/mol. The summed E-state index contributed by atoms with van der Waals surface area (Å²) in [5.41, 5.74) is 1.65. The lowest BCUT2D eigenvalue weighted by molar-refractivity contribution is -0.384. The summed E-state index contributed by atoms with van der Waals surface area (Å²) in [5, 5.41) is 23.4. The van der Waals surface area contributed by atoms with Crippen molar-refractivity contribution in [2.75, 3.05) is 0 Å². The summed E-state index contributed by atoms with van der Waals surface area (Å²) in [4.78, 5) is 11.9. The number of nitro benzene ring substituents is 1. The molecule has 1 heterocycles. The van der Waals surface area contributed by atoms with E-state index in [1.54, 1.807) is 12.1 Å². The van der Waals surface area contributed by atoms with Crippen LogP contribution in [0, 0.1) is 10.1 Å². The first-order valence-electron chi connectivity index (χ1n) is 6.84. The van der Waals surface area contributed by atoms with Crippen molar-refractivity contribution in [3.8, 4) is 11.4 Å². The van der Waals surface area contributed by atoms with E-state index >= 15 is 0 Å². The highest BCUT2D eigenvalue weighted by Gasteiger charge is 2.16. The second-order valence-electron chi connectivity index (χ2n) is 4.97. The van der Waals surface area contributed by atoms with Crippen molar-refractivity contribution < 1.29 is 4.92 Å². The van der Waals surface area contributed by atoms with Crippen LogP contribution >= 0.6 is 15.9 Å². The van der Waals surface area contributed by atoms with E-state index in [-0.39, 0.29) is 11.7 Å². The van der Waals surface area contributed by atoms with Gasteiger partial charge in [-0.25, -0.2) is 0 Å². The molecule has 3 rings (SSSR count). The number of aromatic nitrogens is 4. The van der Waals surface area contributed by atoms with Crippen LogP contribution in [0.1, 0.15) is 18.5 Å². The summed E-state index contributed by atoms with van der Waals surface area (Å²) < 4.78 is 0.971. The molecule has 0 aliphatic heterocycles. The fourth-order valence-corrected chi connectivity index (χ4v) is 2.40. The van der Waals surface area contributed by atoms with E-state index in [1.807, 2.05) is 31.2 Å². The molecule has 2 aromatic carbocycles. The highest BCUT2D eigenvalue weighted by Crippen LogP contribution is 2.22. The van der Waals surface area contributed by atoms with Crippen LogP contribution in [0.5, 0.6) is 0 Å². The minimum atomic E-state index is -0.418. The molecule has 1 unspecified atom stereocenters. The largest absolute Gasteiger partial charge is 0.269 e. The quantitative estimate of drug-likeness (QED) is 0.514. The molecule has 0 aliphatic rings. The molecule has 8 heteroatoms. The third-order valence-corrected chi connectivity index (χ3v) is 3.97. The molecular weight excluding hydrogens is 362 g/mol. The Kier molecular flexibility index (Phi) is 4.16. The van der Waals surface area contributed by atoms with Gasteiger partial charge in [0.1, 0.15) is 0 Å². The molecule has 116 valence electrons. The first-order valence-corrected chi connectivity index (χ1v) is 7.63. The van der Waals surface area contributed by atoms with E-state index in [2.05, 4.69) is 31.3 Å². The Hall–Kier alpha value is -2.61. The minimum absolute atomic E-state index is 0.0441. The summed E-state index contributed by atoms with van der Waals surface area (Å²) in [6, 6.07) is 13.8. The average molecular weight is 374 g/mol. The van der Waals surface area contributed by atoms with Crippen LogP contribution in [0.25, 0.3) is 11.4 Å². The molecule has 7 nitrogen and oxygen atoms in total. The van der Waals surface area contributed by atoms with Gasteiger partial charge in [0.25, 0.3) is 5.69 Å². The summed E-state index contributed by atoms with van der Waals surface area (Å²) in [6.45, 7) is 1.87. The van der Waals surface area contributed by atoms with Crippen molar-refractivity contribution in [3.63, 3.8) is 0 Å². The lowest BCUT2D eigenvalue weighted by Gasteiger charge is -2.09. The topological polar surface area (TPSA) is 86.7 Å². The SMILES string of the molecule is CC(c1cccc([N+](=O)[O-])c1)n1nnc(-c2ccc(Br)cc2)n1. The van der Waals surface area contributed by atoms with Crippen molar-refractivity contribution in [1.82, 2.24) is 20.2 Å². The zero-order valence-electron chi connectivity index (χ0n) is 12.1. The maximum atomic E-state index is 10.9. The van der Waals surface area contributed by atoms with E-state index in [9.17, 15) is 10.1 Å². The minimum Gasteiger partial charge on any atom is -0.258 e. The fraction of sp³-hybridized carbons (Fsp3) is 0.133. The normalized spacial score (nSPS) is 12.1. The summed E-state index contributed by atoms with van der Waals surface area (Å²) in [7, 11) is 0. The Labute approximate surface area is 140 Å². The zero-order chi connectivity index (χ0) is 16.4. The maximum absolute atomic E-state index is 10.9. The smallest absolute Gasteiger partial charge is 0.258 e. The number of nitro groups is 1. The van der Waals surface area contributed by atoms with Gasteiger partial charge in [-0.15, -0.1) is 10.2 Å². The van der Waals surface area contributed by atoms with E-state index in [4.69, 9.17) is 0 Å². The van der Waals surface area contributed by atoms with Crippen molar-refractivity contribution in [1.29, 1.82) is 0 Å². The van der Waals surface area contributed by atoms with Crippen molar-refractivity contribution in [2.45, 2.75) is 13.0 Å². The van der Waals surface area contributed by atoms with E-state index in [0.717, 1.165) is 15.6 Å². The van der Waals surface area contributed by atoms with Gasteiger partial charge < -0.3 is 0 Å². The molecule has 0 saturated heterocycles. The van der Waals surface area contributed by atoms with Crippen LogP contribution in [-0.2, 0) is 0 Å². The molecule has 1 atom stereocenters. The third kappa shape index (κ3) is 3.26. The van der Waals surface area contributed by atoms with Gasteiger partial charge in [0.15, 0.2) is 0 Å². The molecule has 0 saturated carbocycles. The van der Waals surface area contributed by atoms with Crippen LogP contribution in [-0.4, -0.2) is 25.1 Å². The van der Waals surface area contributed by atoms with Gasteiger partial charge in [-0.05, 0) is 42.0 Å². The van der Waals surface area contributed by atoms with Gasteiger partial charge in [0.05, 0.1) is 11.0 Å². The standard InChI is InChI=1S/C15H12BrN5O2/c1-10(12-3-2-4-14(9-12)21(22)23)20-18-15(17-19-20)11-5-7-13(16)8-6-11/h2-10H,1H3. The molecule has 0 bridgehead atoms. The number of non-ortho nitro benzene ring substituents is 1. The van der Waals surface area contributed by atoms with Crippen LogP contribution in [0.4, 0.5) is 5.69 Å². The number of tetrazole rings is 1. The highest BCUT2D eigenvalue weighted by atomic mass is 79.9. The molecular formula is C15H12BrN5O2. The first kappa shape index (κ1) is 15.3. The maximum Gasteiger partial charge on any atom is 0.269 e. The van der Waals surface area contributed by atoms with Gasteiger partial charge in [-0.1, -0.05) is 28.1 Å². The summed E-state index contributed by atoms with van der Waals surface area (Å²) in [5.74, 6) is 0.509. The van der Waals surface area contributed by atoms with Crippen LogP contribution in [0.3, 0.4) is 0 Å². The number of benzene rings is 2. The zero-order valence-corrected chi connectivity index (χ0v) is 13.7. The number of nitrogens with zero attached hydrogens (tertiary/aromatic N) is 5. The van der Waals surface area contributed by atoms with E-state index in [0.29, 0.717) is 5.82 Å². The van der Waals surface area contributed by atoms with Crippen molar-refractivity contribution in [2.24, 2.45) is 0 Å². The molecule has 0 amide bonds. The first-order chi connectivity index (χ1) is 11.0. The van der Waals surface area contributed by atoms with E-state index < -0.39 is 4.92 Å². The Morgan fingerprint density at radius 2 is 1.96 bits per heavy atom. The van der Waals surface area contributed by atoms with Gasteiger partial charge in [-0.3, -0.25) is 10.1 Å². The van der Waals surface area contributed by atoms with E-state index in [1.165, 1.54) is 16.9 Å². The Bertz CT molecular complexity index is 847. The van der Waals surface area contributed by atoms with Crippen LogP contribution in [0.2, 0.25) is 0 Å². The number of hydrogen-bond donors (Lipinski definition) is 0. The fourth-order valence-electron chi connectivity index (χ4n) is 2.14. The molecule has 1 aromatic heterocycles. The van der Waals surface area contributed by atoms with Gasteiger partial charge in [-0.2, -0.15) is 4.80 Å². The Morgan fingerprint density at radius 1 is 1.22 bits per heavy atom. The molecule has 0 fully saturated rings. The van der Waals surface area contributed by atoms with Gasteiger partial charge >= 0.3 is 0 Å². The molecule has 0 aliphatic carbocycles. The van der Waals surface area contributed by atoms with Crippen LogP contribution in [0.15, 0.2) is 53.0 Å². The average Bonchev–Trinajstić information content (AvgIpc) is 3.05. The lowest BCUT2D eigenvalue weighted by atomic mass is 10.1. The van der Waals surface area contributed by atoms with Gasteiger partial charge in [0, 0.05) is 22.2 Å². The summed E-state index contributed by atoms with van der Waals surface area (Å²) in [6.07, 6.45) is 0. The Morgan fingerprint density at radius 3 is 2.65 bits per heavy atom. The second-order valence-corrected chi connectivity index (χ2v) is 5.88. The molecule has 23 heavy (non-hydrogen) atoms. The summed E-state index contributed by atoms with van der Waals surface area (Å²) >= 11 is 3.38. The van der Waals surface area contributed by atoms with Crippen molar-refractivity contribution >= 4 is 21.6 Å². The second kappa shape index (κ2) is 6.25. The Balaban J connectivity index is 1.89. The number of hydrogen-bond acceptors (Lipinski definition) is 5. The lowest BCUT2D eigenvalue weighted by Crippen LogP contribution is -2.10.